The fourth-order valence-electron chi connectivity index (χ4n) is 3.70. The second-order valence-electron chi connectivity index (χ2n) is 6.80. The van der Waals surface area contributed by atoms with Crippen LogP contribution in [0.1, 0.15) is 62.7 Å². The lowest BCUT2D eigenvalue weighted by Gasteiger charge is -2.37. The molecule has 0 saturated heterocycles. The van der Waals surface area contributed by atoms with E-state index < -0.39 is 0 Å². The van der Waals surface area contributed by atoms with Crippen molar-refractivity contribution in [2.45, 2.75) is 58.0 Å². The molecular weight excluding hydrogens is 315 g/mol. The van der Waals surface area contributed by atoms with Gasteiger partial charge in [0.25, 0.3) is 0 Å². The third kappa shape index (κ3) is 3.94. The van der Waals surface area contributed by atoms with Gasteiger partial charge >= 0.3 is 0 Å². The third-order valence-corrected chi connectivity index (χ3v) is 5.05. The Morgan fingerprint density at radius 3 is 2.68 bits per heavy atom. The Morgan fingerprint density at radius 1 is 1.08 bits per heavy atom. The van der Waals surface area contributed by atoms with Gasteiger partial charge in [-0.2, -0.15) is 0 Å². The fraction of sp³-hybridized carbons (Fsp3) is 0.476. The van der Waals surface area contributed by atoms with Crippen LogP contribution in [0.2, 0.25) is 0 Å². The zero-order valence-electron chi connectivity index (χ0n) is 15.0. The van der Waals surface area contributed by atoms with E-state index in [1.54, 1.807) is 12.1 Å². The predicted octanol–water partition coefficient (Wildman–Crippen LogP) is 4.92. The van der Waals surface area contributed by atoms with Crippen molar-refractivity contribution >= 4 is 5.91 Å². The van der Waals surface area contributed by atoms with Crippen molar-refractivity contribution in [2.24, 2.45) is 0 Å². The predicted molar refractivity (Wildman–Crippen MR) is 97.8 cm³/mol. The van der Waals surface area contributed by atoms with Crippen molar-refractivity contribution in [3.05, 3.63) is 59.7 Å². The van der Waals surface area contributed by atoms with Crippen molar-refractivity contribution in [2.75, 3.05) is 6.54 Å². The van der Waals surface area contributed by atoms with Gasteiger partial charge in [0.1, 0.15) is 11.9 Å². The second kappa shape index (κ2) is 8.32. The molecule has 0 aliphatic carbocycles. The number of hydrogen-bond acceptors (Lipinski definition) is 1. The quantitative estimate of drug-likeness (QED) is 0.656. The molecule has 0 saturated carbocycles. The Morgan fingerprint density at radius 2 is 1.88 bits per heavy atom. The highest BCUT2D eigenvalue weighted by Gasteiger charge is 2.33. The zero-order chi connectivity index (χ0) is 17.6. The highest BCUT2D eigenvalue weighted by atomic mass is 19.1. The topological polar surface area (TPSA) is 25.2 Å². The third-order valence-electron chi connectivity index (χ3n) is 5.05. The van der Waals surface area contributed by atoms with Crippen molar-refractivity contribution < 1.29 is 9.18 Å². The van der Waals surface area contributed by atoms with Gasteiger partial charge in [0.2, 0.25) is 5.91 Å². The van der Waals surface area contributed by atoms with E-state index in [2.05, 4.69) is 11.5 Å². The number of aromatic nitrogens is 1. The van der Waals surface area contributed by atoms with Gasteiger partial charge in [-0.25, -0.2) is 4.39 Å². The number of rotatable bonds is 7. The highest BCUT2D eigenvalue weighted by Crippen LogP contribution is 2.34. The molecule has 1 unspecified atom stereocenters. The zero-order valence-corrected chi connectivity index (χ0v) is 15.0. The average Bonchev–Trinajstić information content (AvgIpc) is 3.10. The van der Waals surface area contributed by atoms with Crippen molar-refractivity contribution in [3.63, 3.8) is 0 Å². The summed E-state index contributed by atoms with van der Waals surface area (Å²) in [4.78, 5) is 14.7. The molecule has 2 aromatic rings. The standard InChI is InChI=1S/C21H27FN2O/c1-2-3-4-5-6-13-20(25)24-16-15-23-14-9-12-19(23)21(24)17-10-7-8-11-18(17)22/h7-12,14,21H,2-6,13,15-16H2,1H3. The summed E-state index contributed by atoms with van der Waals surface area (Å²) in [5.41, 5.74) is 1.58. The second-order valence-corrected chi connectivity index (χ2v) is 6.80. The number of hydrogen-bond donors (Lipinski definition) is 0. The number of halogens is 1. The van der Waals surface area contributed by atoms with Gasteiger partial charge in [-0.15, -0.1) is 0 Å². The first-order valence-corrected chi connectivity index (χ1v) is 9.41. The van der Waals surface area contributed by atoms with Crippen molar-refractivity contribution in [1.29, 1.82) is 0 Å². The number of amides is 1. The van der Waals surface area contributed by atoms with Gasteiger partial charge in [-0.1, -0.05) is 50.8 Å². The van der Waals surface area contributed by atoms with Crippen molar-refractivity contribution in [1.82, 2.24) is 9.47 Å². The van der Waals surface area contributed by atoms with E-state index in [9.17, 15) is 9.18 Å². The van der Waals surface area contributed by atoms with Gasteiger partial charge in [0.15, 0.2) is 0 Å². The lowest BCUT2D eigenvalue weighted by atomic mass is 9.98. The van der Waals surface area contributed by atoms with E-state index in [0.29, 0.717) is 18.5 Å². The SMILES string of the molecule is CCCCCCCC(=O)N1CCn2cccc2C1c1ccccc1F. The highest BCUT2D eigenvalue weighted by molar-refractivity contribution is 5.77. The Labute approximate surface area is 149 Å². The van der Waals surface area contributed by atoms with Gasteiger partial charge in [0, 0.05) is 37.0 Å². The molecule has 0 spiro atoms. The molecule has 1 aliphatic heterocycles. The molecule has 0 radical (unpaired) electrons. The van der Waals surface area contributed by atoms with E-state index in [1.807, 2.05) is 29.3 Å². The molecule has 1 aromatic heterocycles. The van der Waals surface area contributed by atoms with Crippen LogP contribution in [0.3, 0.4) is 0 Å². The molecule has 1 aliphatic rings. The minimum atomic E-state index is -0.326. The van der Waals surface area contributed by atoms with Crippen molar-refractivity contribution in [3.8, 4) is 0 Å². The molecule has 25 heavy (non-hydrogen) atoms. The number of carbonyl (C=O) groups is 1. The maximum atomic E-state index is 14.5. The Bertz CT molecular complexity index is 709. The first-order chi connectivity index (χ1) is 12.2. The van der Waals surface area contributed by atoms with E-state index >= 15 is 0 Å². The smallest absolute Gasteiger partial charge is 0.223 e. The maximum Gasteiger partial charge on any atom is 0.223 e. The molecule has 0 fully saturated rings. The van der Waals surface area contributed by atoms with E-state index in [-0.39, 0.29) is 17.8 Å². The molecule has 134 valence electrons. The molecule has 3 rings (SSSR count). The van der Waals surface area contributed by atoms with Gasteiger partial charge in [0.05, 0.1) is 0 Å². The monoisotopic (exact) mass is 342 g/mol. The van der Waals surface area contributed by atoms with Crippen LogP contribution in [0.25, 0.3) is 0 Å². The molecule has 1 amide bonds. The largest absolute Gasteiger partial charge is 0.348 e. The summed E-state index contributed by atoms with van der Waals surface area (Å²) in [6.07, 6.45) is 8.18. The molecular formula is C21H27FN2O. The normalized spacial score (nSPS) is 16.7. The van der Waals surface area contributed by atoms with E-state index in [4.69, 9.17) is 0 Å². The number of unbranched alkanes of at least 4 members (excludes halogenated alkanes) is 4. The Kier molecular flexibility index (Phi) is 5.90. The van der Waals surface area contributed by atoms with Crippen LogP contribution in [0.15, 0.2) is 42.6 Å². The molecule has 1 aromatic carbocycles. The molecule has 0 N–H and O–H groups in total. The van der Waals surface area contributed by atoms with Crippen LogP contribution in [0, 0.1) is 5.82 Å². The lowest BCUT2D eigenvalue weighted by Crippen LogP contribution is -2.42. The number of fused-ring (bicyclic) bond motifs is 1. The lowest BCUT2D eigenvalue weighted by molar-refractivity contribution is -0.134. The van der Waals surface area contributed by atoms with Crippen LogP contribution >= 0.6 is 0 Å². The summed E-state index contributed by atoms with van der Waals surface area (Å²) in [5, 5.41) is 0. The Hall–Kier alpha value is -2.10. The number of nitrogens with zero attached hydrogens (tertiary/aromatic N) is 2. The number of benzene rings is 1. The minimum absolute atomic E-state index is 0.136. The van der Waals surface area contributed by atoms with Gasteiger partial charge < -0.3 is 9.47 Å². The van der Waals surface area contributed by atoms with Gasteiger partial charge in [-0.3, -0.25) is 4.79 Å². The molecule has 0 bridgehead atoms. The summed E-state index contributed by atoms with van der Waals surface area (Å²) in [6, 6.07) is 10.5. The summed E-state index contributed by atoms with van der Waals surface area (Å²) >= 11 is 0. The van der Waals surface area contributed by atoms with Crippen LogP contribution < -0.4 is 0 Å². The summed E-state index contributed by atoms with van der Waals surface area (Å²) in [5.74, 6) is -0.111. The summed E-state index contributed by atoms with van der Waals surface area (Å²) in [7, 11) is 0. The summed E-state index contributed by atoms with van der Waals surface area (Å²) < 4.78 is 16.6. The maximum absolute atomic E-state index is 14.5. The molecule has 4 heteroatoms. The molecule has 3 nitrogen and oxygen atoms in total. The average molecular weight is 342 g/mol. The fourth-order valence-corrected chi connectivity index (χ4v) is 3.70. The minimum Gasteiger partial charge on any atom is -0.348 e. The number of carbonyl (C=O) groups excluding carboxylic acids is 1. The van der Waals surface area contributed by atoms with Gasteiger partial charge in [-0.05, 0) is 24.6 Å². The van der Waals surface area contributed by atoms with Crippen LogP contribution in [0.5, 0.6) is 0 Å². The molecule has 2 heterocycles. The van der Waals surface area contributed by atoms with E-state index in [0.717, 1.165) is 25.1 Å². The summed E-state index contributed by atoms with van der Waals surface area (Å²) in [6.45, 7) is 3.59. The van der Waals surface area contributed by atoms with Crippen LogP contribution in [0.4, 0.5) is 4.39 Å². The Balaban J connectivity index is 1.78. The van der Waals surface area contributed by atoms with Crippen LogP contribution in [-0.4, -0.2) is 21.9 Å². The first-order valence-electron chi connectivity index (χ1n) is 9.41. The first kappa shape index (κ1) is 17.7. The molecule has 1 atom stereocenters. The van der Waals surface area contributed by atoms with E-state index in [1.165, 1.54) is 25.3 Å². The van der Waals surface area contributed by atoms with Crippen LogP contribution in [-0.2, 0) is 11.3 Å².